The molecule has 33 heavy (non-hydrogen) atoms. The minimum Gasteiger partial charge on any atom is -0.425 e. The van der Waals surface area contributed by atoms with Crippen molar-refractivity contribution in [2.75, 3.05) is 13.2 Å². The maximum Gasteiger partial charge on any atom is 0.286 e. The predicted molar refractivity (Wildman–Crippen MR) is 131 cm³/mol. The Bertz CT molecular complexity index is 919. The average Bonchev–Trinajstić information content (AvgIpc) is 2.80. The molecule has 0 heterocycles. The first-order chi connectivity index (χ1) is 15.8. The molecule has 1 aromatic carbocycles. The Morgan fingerprint density at radius 3 is 2.79 bits per heavy atom. The highest BCUT2D eigenvalue weighted by atomic mass is 19.1. The van der Waals surface area contributed by atoms with Crippen LogP contribution in [0, 0.1) is 18.4 Å². The first-order valence-electron chi connectivity index (χ1n) is 11.2. The van der Waals surface area contributed by atoms with Gasteiger partial charge in [-0.15, -0.1) is 0 Å². The largest absolute Gasteiger partial charge is 0.425 e. The van der Waals surface area contributed by atoms with Gasteiger partial charge in [-0.05, 0) is 51.2 Å². The van der Waals surface area contributed by atoms with Crippen LogP contribution in [0.25, 0.3) is 0 Å². The van der Waals surface area contributed by atoms with Crippen molar-refractivity contribution in [3.8, 4) is 6.26 Å². The van der Waals surface area contributed by atoms with Gasteiger partial charge in [-0.25, -0.2) is 4.99 Å². The van der Waals surface area contributed by atoms with E-state index in [0.717, 1.165) is 37.8 Å². The SMILES string of the molecule is CC(F)=N/C=C\CN=C(N)/C(C)=C\NC1(COC#N)CCC(NCc2cccc(C)c2)CC1. The molecule has 0 aliphatic heterocycles. The molecule has 1 saturated carbocycles. The Labute approximate surface area is 196 Å². The summed E-state index contributed by atoms with van der Waals surface area (Å²) in [4.78, 5) is 7.78. The fraction of sp³-hybridized carbons (Fsp3) is 0.480. The number of hydrogen-bond acceptors (Lipinski definition) is 6. The fourth-order valence-electron chi connectivity index (χ4n) is 3.77. The number of amidine groups is 1. The minimum atomic E-state index is -0.506. The van der Waals surface area contributed by atoms with Crippen LogP contribution in [0.1, 0.15) is 50.7 Å². The molecule has 0 amide bonds. The van der Waals surface area contributed by atoms with E-state index in [1.165, 1.54) is 24.3 Å². The third-order valence-electron chi connectivity index (χ3n) is 5.76. The van der Waals surface area contributed by atoms with E-state index in [-0.39, 0.29) is 5.54 Å². The summed E-state index contributed by atoms with van der Waals surface area (Å²) in [6.07, 6.45) is 10.3. The number of halogens is 1. The molecule has 0 spiro atoms. The van der Waals surface area contributed by atoms with E-state index in [0.29, 0.717) is 25.0 Å². The molecule has 178 valence electrons. The normalized spacial score (nSPS) is 22.3. The third-order valence-corrected chi connectivity index (χ3v) is 5.76. The van der Waals surface area contributed by atoms with Gasteiger partial charge in [0.05, 0.1) is 12.1 Å². The van der Waals surface area contributed by atoms with Gasteiger partial charge in [0.15, 0.2) is 5.97 Å². The van der Waals surface area contributed by atoms with Crippen molar-refractivity contribution in [1.29, 1.82) is 5.26 Å². The highest BCUT2D eigenvalue weighted by Gasteiger charge is 2.35. The number of benzene rings is 1. The highest BCUT2D eigenvalue weighted by Crippen LogP contribution is 2.29. The molecule has 0 bridgehead atoms. The zero-order valence-electron chi connectivity index (χ0n) is 19.8. The molecule has 7 nitrogen and oxygen atoms in total. The molecule has 0 unspecified atom stereocenters. The van der Waals surface area contributed by atoms with Crippen LogP contribution in [0.3, 0.4) is 0 Å². The summed E-state index contributed by atoms with van der Waals surface area (Å²) in [6.45, 7) is 6.71. The van der Waals surface area contributed by atoms with Gasteiger partial charge in [0, 0.05) is 37.5 Å². The number of ether oxygens (including phenoxy) is 1. The smallest absolute Gasteiger partial charge is 0.286 e. The van der Waals surface area contributed by atoms with E-state index in [1.807, 2.05) is 13.1 Å². The van der Waals surface area contributed by atoms with Gasteiger partial charge in [0.2, 0.25) is 0 Å². The molecule has 0 atom stereocenters. The monoisotopic (exact) mass is 454 g/mol. The topological polar surface area (TPSA) is 108 Å². The van der Waals surface area contributed by atoms with E-state index in [4.69, 9.17) is 15.7 Å². The fourth-order valence-corrected chi connectivity index (χ4v) is 3.77. The number of aryl methyl sites for hydroxylation is 1. The summed E-state index contributed by atoms with van der Waals surface area (Å²) in [5.41, 5.74) is 9.05. The molecule has 0 radical (unpaired) electrons. The predicted octanol–water partition coefficient (Wildman–Crippen LogP) is 4.02. The lowest BCUT2D eigenvalue weighted by molar-refractivity contribution is 0.116. The summed E-state index contributed by atoms with van der Waals surface area (Å²) in [6, 6.07) is 8.94. The minimum absolute atomic E-state index is 0.304. The second-order valence-corrected chi connectivity index (χ2v) is 8.51. The Kier molecular flexibility index (Phi) is 10.6. The zero-order chi connectivity index (χ0) is 24.1. The zero-order valence-corrected chi connectivity index (χ0v) is 19.8. The van der Waals surface area contributed by atoms with Crippen molar-refractivity contribution in [3.05, 3.63) is 59.4 Å². The van der Waals surface area contributed by atoms with Gasteiger partial charge in [0.1, 0.15) is 12.4 Å². The number of rotatable bonds is 11. The third kappa shape index (κ3) is 9.46. The van der Waals surface area contributed by atoms with E-state index in [1.54, 1.807) is 12.3 Å². The van der Waals surface area contributed by atoms with Crippen LogP contribution in [0.5, 0.6) is 0 Å². The van der Waals surface area contributed by atoms with Crippen molar-refractivity contribution in [1.82, 2.24) is 10.6 Å². The van der Waals surface area contributed by atoms with Crippen LogP contribution in [-0.2, 0) is 11.3 Å². The highest BCUT2D eigenvalue weighted by molar-refractivity contribution is 5.96. The summed E-state index contributed by atoms with van der Waals surface area (Å²) in [5.74, 6) is -0.119. The van der Waals surface area contributed by atoms with Gasteiger partial charge in [-0.2, -0.15) is 9.65 Å². The van der Waals surface area contributed by atoms with Crippen LogP contribution in [0.2, 0.25) is 0 Å². The molecule has 0 saturated heterocycles. The molecule has 2 rings (SSSR count). The summed E-state index contributed by atoms with van der Waals surface area (Å²) < 4.78 is 17.7. The number of aliphatic imine (C=N–C) groups is 2. The van der Waals surface area contributed by atoms with Crippen molar-refractivity contribution >= 4 is 11.8 Å². The number of nitrogens with two attached hydrogens (primary N) is 1. The average molecular weight is 455 g/mol. The maximum atomic E-state index is 12.6. The van der Waals surface area contributed by atoms with Gasteiger partial charge in [0.25, 0.3) is 6.26 Å². The maximum absolute atomic E-state index is 12.6. The second kappa shape index (κ2) is 13.4. The standard InChI is InChI=1S/C25H35FN6O/c1-19-6-4-7-22(14-19)16-31-23-8-10-25(11-9-23,17-33-18-27)32-15-20(2)24(28)30-13-5-12-29-21(3)26/h4-7,12,14-15,23,31-32H,8-11,13,16-17H2,1-3H3,(H2,28,30)/b12-5-,20-15-,29-21?. The molecule has 4 N–H and O–H groups in total. The number of nitrogens with zero attached hydrogens (tertiary/aromatic N) is 3. The van der Waals surface area contributed by atoms with Gasteiger partial charge in [-0.1, -0.05) is 29.8 Å². The van der Waals surface area contributed by atoms with Crippen molar-refractivity contribution < 1.29 is 9.13 Å². The molecular formula is C25H35FN6O. The van der Waals surface area contributed by atoms with E-state index >= 15 is 0 Å². The van der Waals surface area contributed by atoms with Crippen molar-refractivity contribution in [2.24, 2.45) is 15.7 Å². The van der Waals surface area contributed by atoms with Crippen LogP contribution < -0.4 is 16.4 Å². The molecule has 1 aliphatic rings. The molecule has 1 aliphatic carbocycles. The Morgan fingerprint density at radius 1 is 1.36 bits per heavy atom. The molecule has 1 fully saturated rings. The Morgan fingerprint density at radius 2 is 2.12 bits per heavy atom. The lowest BCUT2D eigenvalue weighted by atomic mass is 9.79. The molecule has 8 heteroatoms. The molecule has 0 aromatic heterocycles. The molecular weight excluding hydrogens is 419 g/mol. The van der Waals surface area contributed by atoms with Gasteiger partial charge < -0.3 is 21.1 Å². The lowest BCUT2D eigenvalue weighted by Gasteiger charge is -2.40. The first-order valence-corrected chi connectivity index (χ1v) is 11.2. The quantitative estimate of drug-likeness (QED) is 0.266. The van der Waals surface area contributed by atoms with Crippen LogP contribution in [0.4, 0.5) is 4.39 Å². The van der Waals surface area contributed by atoms with Gasteiger partial charge >= 0.3 is 0 Å². The number of hydrogen-bond donors (Lipinski definition) is 3. The van der Waals surface area contributed by atoms with Crippen LogP contribution >= 0.6 is 0 Å². The second-order valence-electron chi connectivity index (χ2n) is 8.51. The Balaban J connectivity index is 1.92. The summed E-state index contributed by atoms with van der Waals surface area (Å²) >= 11 is 0. The summed E-state index contributed by atoms with van der Waals surface area (Å²) in [7, 11) is 0. The van der Waals surface area contributed by atoms with E-state index in [9.17, 15) is 4.39 Å². The van der Waals surface area contributed by atoms with E-state index < -0.39 is 5.97 Å². The number of nitrogens with one attached hydrogen (secondary N) is 2. The van der Waals surface area contributed by atoms with E-state index in [2.05, 4.69) is 51.8 Å². The van der Waals surface area contributed by atoms with Crippen LogP contribution in [-0.4, -0.2) is 36.5 Å². The van der Waals surface area contributed by atoms with Gasteiger partial charge in [-0.3, -0.25) is 4.99 Å². The lowest BCUT2D eigenvalue weighted by Crippen LogP contribution is -2.51. The summed E-state index contributed by atoms with van der Waals surface area (Å²) in [5, 5.41) is 16.0. The number of nitriles is 1. The van der Waals surface area contributed by atoms with Crippen molar-refractivity contribution in [2.45, 2.75) is 64.6 Å². The van der Waals surface area contributed by atoms with Crippen LogP contribution in [0.15, 0.2) is 58.3 Å². The molecule has 1 aromatic rings. The Hall–Kier alpha value is -3.18. The first kappa shape index (κ1) is 26.1. The van der Waals surface area contributed by atoms with Crippen molar-refractivity contribution in [3.63, 3.8) is 0 Å².